The molecule has 0 saturated heterocycles. The summed E-state index contributed by atoms with van der Waals surface area (Å²) >= 11 is 0. The van der Waals surface area contributed by atoms with Crippen LogP contribution in [0.25, 0.3) is 0 Å². The number of nitro benzene ring substituents is 1. The number of aryl methyl sites for hydroxylation is 2. The highest BCUT2D eigenvalue weighted by Crippen LogP contribution is 2.24. The van der Waals surface area contributed by atoms with Crippen molar-refractivity contribution < 1.29 is 18.1 Å². The van der Waals surface area contributed by atoms with Crippen molar-refractivity contribution >= 4 is 33.0 Å². The predicted octanol–water partition coefficient (Wildman–Crippen LogP) is 4.26. The molecule has 0 fully saturated rings. The zero-order valence-corrected chi connectivity index (χ0v) is 17.1. The Morgan fingerprint density at radius 2 is 1.63 bits per heavy atom. The quantitative estimate of drug-likeness (QED) is 0.452. The lowest BCUT2D eigenvalue weighted by atomic mass is 10.2. The van der Waals surface area contributed by atoms with Crippen molar-refractivity contribution in [1.29, 1.82) is 0 Å². The van der Waals surface area contributed by atoms with Crippen molar-refractivity contribution in [3.8, 4) is 0 Å². The summed E-state index contributed by atoms with van der Waals surface area (Å²) in [6.45, 7) is 3.52. The minimum atomic E-state index is -3.88. The molecule has 154 valence electrons. The molecule has 0 saturated carbocycles. The van der Waals surface area contributed by atoms with E-state index in [2.05, 4.69) is 10.0 Å². The molecule has 0 aliphatic heterocycles. The number of anilines is 2. The van der Waals surface area contributed by atoms with Gasteiger partial charge in [0.25, 0.3) is 21.6 Å². The van der Waals surface area contributed by atoms with Crippen LogP contribution in [0.15, 0.2) is 71.6 Å². The van der Waals surface area contributed by atoms with Gasteiger partial charge in [0.15, 0.2) is 0 Å². The lowest BCUT2D eigenvalue weighted by molar-refractivity contribution is -0.384. The first-order valence-corrected chi connectivity index (χ1v) is 10.4. The van der Waals surface area contributed by atoms with E-state index in [-0.39, 0.29) is 21.8 Å². The van der Waals surface area contributed by atoms with Crippen LogP contribution in [0.2, 0.25) is 0 Å². The highest BCUT2D eigenvalue weighted by Gasteiger charge is 2.19. The van der Waals surface area contributed by atoms with E-state index in [1.54, 1.807) is 37.3 Å². The van der Waals surface area contributed by atoms with Crippen molar-refractivity contribution in [2.24, 2.45) is 0 Å². The van der Waals surface area contributed by atoms with Crippen molar-refractivity contribution in [2.75, 3.05) is 10.0 Å². The molecule has 0 unspecified atom stereocenters. The van der Waals surface area contributed by atoms with Crippen LogP contribution in [0, 0.1) is 24.0 Å². The number of nitro groups is 1. The average Bonchev–Trinajstić information content (AvgIpc) is 2.69. The van der Waals surface area contributed by atoms with Crippen LogP contribution in [0.1, 0.15) is 21.5 Å². The van der Waals surface area contributed by atoms with E-state index in [1.165, 1.54) is 30.3 Å². The molecule has 3 aromatic carbocycles. The summed E-state index contributed by atoms with van der Waals surface area (Å²) in [6.07, 6.45) is 0. The van der Waals surface area contributed by atoms with Crippen molar-refractivity contribution in [1.82, 2.24) is 0 Å². The number of hydrogen-bond acceptors (Lipinski definition) is 5. The maximum absolute atomic E-state index is 12.9. The van der Waals surface area contributed by atoms with Crippen LogP contribution in [0.4, 0.5) is 17.1 Å². The molecule has 0 radical (unpaired) electrons. The number of non-ortho nitro benzene ring substituents is 1. The minimum Gasteiger partial charge on any atom is -0.322 e. The first-order valence-electron chi connectivity index (χ1n) is 8.92. The Hall–Kier alpha value is -3.72. The number of benzene rings is 3. The zero-order valence-electron chi connectivity index (χ0n) is 16.2. The standard InChI is InChI=1S/C21H19N3O5S/c1-14-4-3-5-18(12-14)23-30(28,29)20-13-17(9-6-15(20)2)22-21(25)16-7-10-19(11-8-16)24(26)27/h3-13,23H,1-2H3,(H,22,25). The number of carbonyl (C=O) groups excluding carboxylic acids is 1. The molecular formula is C21H19N3O5S. The third-order valence-electron chi connectivity index (χ3n) is 4.35. The summed E-state index contributed by atoms with van der Waals surface area (Å²) in [7, 11) is -3.88. The Kier molecular flexibility index (Phi) is 5.84. The maximum atomic E-state index is 12.9. The molecule has 0 heterocycles. The van der Waals surface area contributed by atoms with Gasteiger partial charge in [-0.25, -0.2) is 8.42 Å². The Labute approximate surface area is 173 Å². The van der Waals surface area contributed by atoms with Crippen molar-refractivity contribution in [3.05, 3.63) is 93.5 Å². The van der Waals surface area contributed by atoms with E-state index < -0.39 is 20.9 Å². The Bertz CT molecular complexity index is 1220. The van der Waals surface area contributed by atoms with Gasteiger partial charge in [0.2, 0.25) is 0 Å². The molecule has 3 aromatic rings. The topological polar surface area (TPSA) is 118 Å². The number of carbonyl (C=O) groups is 1. The predicted molar refractivity (Wildman–Crippen MR) is 114 cm³/mol. The summed E-state index contributed by atoms with van der Waals surface area (Å²) in [5.74, 6) is -0.510. The monoisotopic (exact) mass is 425 g/mol. The van der Waals surface area contributed by atoms with E-state index in [0.29, 0.717) is 11.3 Å². The Morgan fingerprint density at radius 3 is 2.27 bits per heavy atom. The fourth-order valence-corrected chi connectivity index (χ4v) is 4.15. The van der Waals surface area contributed by atoms with E-state index in [0.717, 1.165) is 5.56 Å². The summed E-state index contributed by atoms with van der Waals surface area (Å²) in [5, 5.41) is 13.3. The largest absolute Gasteiger partial charge is 0.322 e. The average molecular weight is 425 g/mol. The molecule has 0 spiro atoms. The van der Waals surface area contributed by atoms with E-state index in [4.69, 9.17) is 0 Å². The lowest BCUT2D eigenvalue weighted by Crippen LogP contribution is -2.16. The Morgan fingerprint density at radius 1 is 0.933 bits per heavy atom. The van der Waals surface area contributed by atoms with Gasteiger partial charge in [-0.15, -0.1) is 0 Å². The van der Waals surface area contributed by atoms with E-state index in [9.17, 15) is 23.3 Å². The highest BCUT2D eigenvalue weighted by atomic mass is 32.2. The van der Waals surface area contributed by atoms with Crippen LogP contribution in [-0.2, 0) is 10.0 Å². The summed E-state index contributed by atoms with van der Waals surface area (Å²) in [5.41, 5.74) is 2.24. The third-order valence-corrected chi connectivity index (χ3v) is 5.87. The Balaban J connectivity index is 1.83. The van der Waals surface area contributed by atoms with Crippen LogP contribution in [0.5, 0.6) is 0 Å². The van der Waals surface area contributed by atoms with Crippen molar-refractivity contribution in [3.63, 3.8) is 0 Å². The third kappa shape index (κ3) is 4.81. The molecular weight excluding hydrogens is 406 g/mol. The SMILES string of the molecule is Cc1cccc(NS(=O)(=O)c2cc(NC(=O)c3ccc([N+](=O)[O-])cc3)ccc2C)c1. The number of nitrogens with one attached hydrogen (secondary N) is 2. The summed E-state index contributed by atoms with van der Waals surface area (Å²) in [4.78, 5) is 22.6. The normalized spacial score (nSPS) is 11.0. The zero-order chi connectivity index (χ0) is 21.9. The van der Waals surface area contributed by atoms with Crippen LogP contribution in [-0.4, -0.2) is 19.2 Å². The molecule has 0 bridgehead atoms. The molecule has 0 aliphatic rings. The van der Waals surface area contributed by atoms with Crippen LogP contribution in [0.3, 0.4) is 0 Å². The molecule has 3 rings (SSSR count). The molecule has 1 amide bonds. The van der Waals surface area contributed by atoms with Gasteiger partial charge < -0.3 is 5.32 Å². The fourth-order valence-electron chi connectivity index (χ4n) is 2.82. The van der Waals surface area contributed by atoms with Gasteiger partial charge in [0, 0.05) is 29.1 Å². The second-order valence-electron chi connectivity index (χ2n) is 6.71. The molecule has 2 N–H and O–H groups in total. The lowest BCUT2D eigenvalue weighted by Gasteiger charge is -2.13. The second kappa shape index (κ2) is 8.34. The smallest absolute Gasteiger partial charge is 0.269 e. The molecule has 0 aromatic heterocycles. The van der Waals surface area contributed by atoms with Gasteiger partial charge in [0.05, 0.1) is 9.82 Å². The minimum absolute atomic E-state index is 0.0329. The first-order chi connectivity index (χ1) is 14.2. The number of hydrogen-bond donors (Lipinski definition) is 2. The van der Waals surface area contributed by atoms with Crippen molar-refractivity contribution in [2.45, 2.75) is 18.7 Å². The number of nitrogens with zero attached hydrogens (tertiary/aromatic N) is 1. The number of sulfonamides is 1. The molecule has 8 nitrogen and oxygen atoms in total. The first kappa shape index (κ1) is 21.0. The van der Waals surface area contributed by atoms with Gasteiger partial charge in [-0.2, -0.15) is 0 Å². The molecule has 0 aliphatic carbocycles. The second-order valence-corrected chi connectivity index (χ2v) is 8.36. The number of rotatable bonds is 6. The number of amides is 1. The van der Waals surface area contributed by atoms with Crippen LogP contribution >= 0.6 is 0 Å². The van der Waals surface area contributed by atoms with Gasteiger partial charge in [-0.05, 0) is 61.4 Å². The molecule has 9 heteroatoms. The summed E-state index contributed by atoms with van der Waals surface area (Å²) in [6, 6.07) is 16.7. The van der Waals surface area contributed by atoms with Gasteiger partial charge in [0.1, 0.15) is 0 Å². The van der Waals surface area contributed by atoms with Crippen LogP contribution < -0.4 is 10.0 Å². The van der Waals surface area contributed by atoms with E-state index >= 15 is 0 Å². The molecule has 0 atom stereocenters. The van der Waals surface area contributed by atoms with Gasteiger partial charge in [-0.1, -0.05) is 18.2 Å². The fraction of sp³-hybridized carbons (Fsp3) is 0.0952. The highest BCUT2D eigenvalue weighted by molar-refractivity contribution is 7.92. The maximum Gasteiger partial charge on any atom is 0.269 e. The van der Waals surface area contributed by atoms with E-state index in [1.807, 2.05) is 13.0 Å². The van der Waals surface area contributed by atoms with Gasteiger partial charge in [-0.3, -0.25) is 19.6 Å². The van der Waals surface area contributed by atoms with Gasteiger partial charge >= 0.3 is 0 Å². The molecule has 30 heavy (non-hydrogen) atoms. The summed E-state index contributed by atoms with van der Waals surface area (Å²) < 4.78 is 28.3.